The van der Waals surface area contributed by atoms with Crippen molar-refractivity contribution >= 4 is 5.91 Å². The molecule has 4 rings (SSSR count). The Morgan fingerprint density at radius 1 is 1.12 bits per heavy atom. The third kappa shape index (κ3) is 5.43. The van der Waals surface area contributed by atoms with Gasteiger partial charge in [-0.15, -0.1) is 0 Å². The van der Waals surface area contributed by atoms with Crippen LogP contribution in [0.2, 0.25) is 0 Å². The number of carbonyl (C=O) groups is 1. The molecule has 3 N–H and O–H groups in total. The Kier molecular flexibility index (Phi) is 7.12. The predicted molar refractivity (Wildman–Crippen MR) is 122 cm³/mol. The van der Waals surface area contributed by atoms with Crippen LogP contribution in [0.3, 0.4) is 0 Å². The van der Waals surface area contributed by atoms with Crippen molar-refractivity contribution in [3.05, 3.63) is 62.1 Å². The van der Waals surface area contributed by atoms with Crippen molar-refractivity contribution in [3.63, 3.8) is 0 Å². The van der Waals surface area contributed by atoms with Crippen LogP contribution in [-0.4, -0.2) is 23.5 Å². The van der Waals surface area contributed by atoms with Gasteiger partial charge in [0.05, 0.1) is 0 Å². The monoisotopic (exact) mass is 459 g/mol. The van der Waals surface area contributed by atoms with Gasteiger partial charge >= 0.3 is 6.61 Å². The molecule has 1 saturated carbocycles. The number of rotatable bonds is 7. The van der Waals surface area contributed by atoms with E-state index in [2.05, 4.69) is 20.4 Å². The van der Waals surface area contributed by atoms with Gasteiger partial charge in [0.2, 0.25) is 0 Å². The summed E-state index contributed by atoms with van der Waals surface area (Å²) in [6.45, 7) is 1.19. The number of benzene rings is 1. The molecule has 0 radical (unpaired) electrons. The lowest BCUT2D eigenvalue weighted by atomic mass is 9.90. The van der Waals surface area contributed by atoms with Gasteiger partial charge in [-0.2, -0.15) is 8.78 Å². The molecular formula is C25H31F2N3O3. The summed E-state index contributed by atoms with van der Waals surface area (Å²) in [7, 11) is 0. The van der Waals surface area contributed by atoms with E-state index < -0.39 is 6.61 Å². The Morgan fingerprint density at radius 3 is 2.48 bits per heavy atom. The molecule has 33 heavy (non-hydrogen) atoms. The molecule has 0 aliphatic heterocycles. The van der Waals surface area contributed by atoms with Crippen LogP contribution < -0.4 is 20.9 Å². The van der Waals surface area contributed by atoms with Gasteiger partial charge in [0.1, 0.15) is 11.3 Å². The Labute approximate surface area is 192 Å². The minimum Gasteiger partial charge on any atom is -0.434 e. The molecule has 0 spiro atoms. The molecular weight excluding hydrogens is 428 g/mol. The van der Waals surface area contributed by atoms with Crippen molar-refractivity contribution in [1.82, 2.24) is 15.6 Å². The van der Waals surface area contributed by atoms with Crippen molar-refractivity contribution in [3.8, 4) is 5.75 Å². The van der Waals surface area contributed by atoms with Gasteiger partial charge in [0, 0.05) is 24.3 Å². The standard InChI is InChI=1S/C25H31F2N3O3/c1-14-10-16(11-15(2)22(14)33-25(26)27)13-28-20-8-5-9-21-18(20)12-19(24(32)30-21)23(31)29-17-6-3-4-7-17/h10-12,17,20,25,28H,3-9,13H2,1-2H3,(H,29,31)(H,30,32). The highest BCUT2D eigenvalue weighted by Gasteiger charge is 2.25. The largest absolute Gasteiger partial charge is 0.434 e. The maximum atomic E-state index is 12.8. The molecule has 0 bridgehead atoms. The number of hydrogen-bond donors (Lipinski definition) is 3. The summed E-state index contributed by atoms with van der Waals surface area (Å²) < 4.78 is 30.0. The average Bonchev–Trinajstić information content (AvgIpc) is 3.27. The number of aryl methyl sites for hydroxylation is 3. The van der Waals surface area contributed by atoms with Gasteiger partial charge in [-0.3, -0.25) is 9.59 Å². The van der Waals surface area contributed by atoms with E-state index in [1.165, 1.54) is 0 Å². The molecule has 6 nitrogen and oxygen atoms in total. The van der Waals surface area contributed by atoms with Crippen molar-refractivity contribution in [2.45, 2.75) is 84.0 Å². The van der Waals surface area contributed by atoms with E-state index in [-0.39, 0.29) is 34.9 Å². The number of aromatic nitrogens is 1. The Balaban J connectivity index is 1.50. The summed E-state index contributed by atoms with van der Waals surface area (Å²) in [6.07, 6.45) is 6.70. The van der Waals surface area contributed by atoms with E-state index in [1.54, 1.807) is 19.9 Å². The highest BCUT2D eigenvalue weighted by molar-refractivity contribution is 5.94. The first-order valence-corrected chi connectivity index (χ1v) is 11.7. The van der Waals surface area contributed by atoms with Crippen LogP contribution in [0, 0.1) is 13.8 Å². The Hall–Kier alpha value is -2.74. The topological polar surface area (TPSA) is 83.2 Å². The van der Waals surface area contributed by atoms with E-state index in [9.17, 15) is 18.4 Å². The molecule has 2 aliphatic rings. The maximum Gasteiger partial charge on any atom is 0.387 e. The SMILES string of the molecule is Cc1cc(CNC2CCCc3[nH]c(=O)c(C(=O)NC4CCCC4)cc32)cc(C)c1OC(F)F. The second-order valence-corrected chi connectivity index (χ2v) is 9.16. The van der Waals surface area contributed by atoms with Gasteiger partial charge < -0.3 is 20.4 Å². The number of pyridine rings is 1. The summed E-state index contributed by atoms with van der Waals surface area (Å²) in [5.74, 6) is -0.0941. The van der Waals surface area contributed by atoms with Gasteiger partial charge in [-0.1, -0.05) is 25.0 Å². The first kappa shape index (κ1) is 23.4. The third-order valence-electron chi connectivity index (χ3n) is 6.67. The van der Waals surface area contributed by atoms with Crippen LogP contribution in [0.25, 0.3) is 0 Å². The normalized spacial score (nSPS) is 18.4. The number of amides is 1. The molecule has 1 unspecified atom stereocenters. The zero-order valence-electron chi connectivity index (χ0n) is 19.1. The second kappa shape index (κ2) is 10.0. The molecule has 1 fully saturated rings. The van der Waals surface area contributed by atoms with E-state index >= 15 is 0 Å². The highest BCUT2D eigenvalue weighted by atomic mass is 19.3. The highest BCUT2D eigenvalue weighted by Crippen LogP contribution is 2.30. The third-order valence-corrected chi connectivity index (χ3v) is 6.67. The van der Waals surface area contributed by atoms with E-state index in [1.807, 2.05) is 12.1 Å². The van der Waals surface area contributed by atoms with Crippen LogP contribution in [0.15, 0.2) is 23.0 Å². The number of H-pyrrole nitrogens is 1. The van der Waals surface area contributed by atoms with Crippen molar-refractivity contribution in [2.24, 2.45) is 0 Å². The fourth-order valence-corrected chi connectivity index (χ4v) is 5.11. The molecule has 2 aromatic rings. The molecule has 1 aromatic heterocycles. The van der Waals surface area contributed by atoms with Crippen LogP contribution in [0.4, 0.5) is 8.78 Å². The number of nitrogens with one attached hydrogen (secondary N) is 3. The van der Waals surface area contributed by atoms with Crippen molar-refractivity contribution < 1.29 is 18.3 Å². The lowest BCUT2D eigenvalue weighted by Gasteiger charge is -2.27. The maximum absolute atomic E-state index is 12.8. The molecule has 8 heteroatoms. The number of aromatic amines is 1. The molecule has 1 heterocycles. The minimum atomic E-state index is -2.85. The summed E-state index contributed by atoms with van der Waals surface area (Å²) in [4.78, 5) is 28.3. The lowest BCUT2D eigenvalue weighted by molar-refractivity contribution is -0.0507. The average molecular weight is 460 g/mol. The van der Waals surface area contributed by atoms with E-state index in [4.69, 9.17) is 0 Å². The van der Waals surface area contributed by atoms with E-state index in [0.29, 0.717) is 17.7 Å². The predicted octanol–water partition coefficient (Wildman–Crippen LogP) is 4.43. The Bertz CT molecular complexity index is 1050. The number of halogens is 2. The van der Waals surface area contributed by atoms with Crippen LogP contribution >= 0.6 is 0 Å². The number of alkyl halides is 2. The molecule has 0 saturated heterocycles. The molecule has 2 aliphatic carbocycles. The summed E-state index contributed by atoms with van der Waals surface area (Å²) in [5, 5.41) is 6.53. The summed E-state index contributed by atoms with van der Waals surface area (Å²) in [6, 6.07) is 5.56. The van der Waals surface area contributed by atoms with Gasteiger partial charge in [-0.25, -0.2) is 0 Å². The first-order valence-electron chi connectivity index (χ1n) is 11.7. The number of hydrogen-bond acceptors (Lipinski definition) is 4. The second-order valence-electron chi connectivity index (χ2n) is 9.16. The molecule has 178 valence electrons. The van der Waals surface area contributed by atoms with Crippen LogP contribution in [0.5, 0.6) is 5.75 Å². The zero-order chi connectivity index (χ0) is 23.5. The van der Waals surface area contributed by atoms with Gasteiger partial charge in [0.15, 0.2) is 0 Å². The zero-order valence-corrected chi connectivity index (χ0v) is 19.1. The summed E-state index contributed by atoms with van der Waals surface area (Å²) in [5.41, 5.74) is 3.91. The van der Waals surface area contributed by atoms with Gasteiger partial charge in [-0.05, 0) is 74.3 Å². The lowest BCUT2D eigenvalue weighted by Crippen LogP contribution is -2.37. The molecule has 1 aromatic carbocycles. The van der Waals surface area contributed by atoms with Crippen molar-refractivity contribution in [1.29, 1.82) is 0 Å². The van der Waals surface area contributed by atoms with E-state index in [0.717, 1.165) is 61.8 Å². The van der Waals surface area contributed by atoms with Crippen LogP contribution in [0.1, 0.15) is 82.9 Å². The summed E-state index contributed by atoms with van der Waals surface area (Å²) >= 11 is 0. The minimum absolute atomic E-state index is 0.0127. The molecule has 1 atom stereocenters. The number of fused-ring (bicyclic) bond motifs is 1. The quantitative estimate of drug-likeness (QED) is 0.572. The van der Waals surface area contributed by atoms with Crippen LogP contribution in [-0.2, 0) is 13.0 Å². The number of ether oxygens (including phenoxy) is 1. The smallest absolute Gasteiger partial charge is 0.387 e. The Morgan fingerprint density at radius 2 is 1.82 bits per heavy atom. The van der Waals surface area contributed by atoms with Crippen molar-refractivity contribution in [2.75, 3.05) is 0 Å². The first-order chi connectivity index (χ1) is 15.8. The van der Waals surface area contributed by atoms with Gasteiger partial charge in [0.25, 0.3) is 11.5 Å². The molecule has 1 amide bonds. The fourth-order valence-electron chi connectivity index (χ4n) is 5.11. The fraction of sp³-hybridized carbons (Fsp3) is 0.520. The number of carbonyl (C=O) groups excluding carboxylic acids is 1.